The second-order valence-electron chi connectivity index (χ2n) is 5.60. The molecule has 1 unspecified atom stereocenters. The van der Waals surface area contributed by atoms with Gasteiger partial charge in [0.1, 0.15) is 0 Å². The fourth-order valence-corrected chi connectivity index (χ4v) is 2.94. The van der Waals surface area contributed by atoms with Crippen LogP contribution in [0.4, 0.5) is 0 Å². The number of para-hydroxylation sites is 1. The van der Waals surface area contributed by atoms with Crippen molar-refractivity contribution in [1.29, 1.82) is 0 Å². The minimum atomic E-state index is -1.00. The molecule has 1 aliphatic rings. The highest BCUT2D eigenvalue weighted by Crippen LogP contribution is 2.27. The lowest BCUT2D eigenvalue weighted by Gasteiger charge is -2.22. The third-order valence-electron chi connectivity index (χ3n) is 4.19. The van der Waals surface area contributed by atoms with Gasteiger partial charge in [0.2, 0.25) is 5.72 Å². The summed E-state index contributed by atoms with van der Waals surface area (Å²) in [4.78, 5) is 16.1. The predicted octanol–water partition coefficient (Wildman–Crippen LogP) is 2.87. The van der Waals surface area contributed by atoms with Gasteiger partial charge in [0.15, 0.2) is 6.29 Å². The van der Waals surface area contributed by atoms with E-state index in [-0.39, 0.29) is 0 Å². The number of aldehydes is 1. The van der Waals surface area contributed by atoms with Crippen molar-refractivity contribution < 1.29 is 9.53 Å². The zero-order valence-electron chi connectivity index (χ0n) is 12.5. The molecule has 1 fully saturated rings. The number of rotatable bonds is 3. The lowest BCUT2D eigenvalue weighted by atomic mass is 10.0. The third-order valence-corrected chi connectivity index (χ3v) is 4.19. The average Bonchev–Trinajstić information content (AvgIpc) is 3.12. The molecule has 3 aromatic rings. The van der Waals surface area contributed by atoms with Crippen LogP contribution in [0.1, 0.15) is 5.56 Å². The molecule has 1 saturated heterocycles. The summed E-state index contributed by atoms with van der Waals surface area (Å²) in [6, 6.07) is 19.9. The number of fused-ring (bicyclic) bond motifs is 1. The molecule has 0 saturated carbocycles. The molecule has 0 spiro atoms. The number of nitrogens with one attached hydrogen (secondary N) is 1. The molecule has 0 radical (unpaired) electrons. The highest BCUT2D eigenvalue weighted by atomic mass is 16.5. The smallest absolute Gasteiger partial charge is 0.202 e. The van der Waals surface area contributed by atoms with E-state index in [4.69, 9.17) is 9.72 Å². The molecule has 1 atom stereocenters. The van der Waals surface area contributed by atoms with Crippen LogP contribution >= 0.6 is 0 Å². The first-order valence-electron chi connectivity index (χ1n) is 7.63. The second-order valence-corrected chi connectivity index (χ2v) is 5.60. The number of benzene rings is 2. The van der Waals surface area contributed by atoms with Gasteiger partial charge in [-0.15, -0.1) is 0 Å². The summed E-state index contributed by atoms with van der Waals surface area (Å²) in [5.74, 6) is 0. The number of ether oxygens (including phenoxy) is 1. The molecule has 2 aromatic carbocycles. The van der Waals surface area contributed by atoms with Gasteiger partial charge in [-0.1, -0.05) is 48.5 Å². The van der Waals surface area contributed by atoms with Crippen LogP contribution in [0.3, 0.4) is 0 Å². The van der Waals surface area contributed by atoms with Gasteiger partial charge in [0.25, 0.3) is 0 Å². The summed E-state index contributed by atoms with van der Waals surface area (Å²) in [5, 5.41) is 4.24. The highest BCUT2D eigenvalue weighted by Gasteiger charge is 2.36. The monoisotopic (exact) mass is 304 g/mol. The summed E-state index contributed by atoms with van der Waals surface area (Å²) in [6.45, 7) is 1.21. The van der Waals surface area contributed by atoms with E-state index in [1.165, 1.54) is 0 Å². The average molecular weight is 304 g/mol. The Hall–Kier alpha value is -2.56. The van der Waals surface area contributed by atoms with E-state index in [0.29, 0.717) is 13.2 Å². The number of nitrogens with zero attached hydrogens (tertiary/aromatic N) is 1. The van der Waals surface area contributed by atoms with Crippen molar-refractivity contribution in [3.05, 3.63) is 66.2 Å². The van der Waals surface area contributed by atoms with Gasteiger partial charge in [-0.3, -0.25) is 10.1 Å². The van der Waals surface area contributed by atoms with Crippen LogP contribution in [0.5, 0.6) is 0 Å². The summed E-state index contributed by atoms with van der Waals surface area (Å²) < 4.78 is 5.58. The molecule has 1 aromatic heterocycles. The van der Waals surface area contributed by atoms with Crippen LogP contribution in [0.15, 0.2) is 60.7 Å². The van der Waals surface area contributed by atoms with Crippen LogP contribution < -0.4 is 5.32 Å². The van der Waals surface area contributed by atoms with E-state index in [2.05, 4.69) is 11.4 Å². The van der Waals surface area contributed by atoms with Gasteiger partial charge < -0.3 is 4.74 Å². The number of aromatic nitrogens is 1. The lowest BCUT2D eigenvalue weighted by molar-refractivity contribution is -0.128. The van der Waals surface area contributed by atoms with Crippen molar-refractivity contribution in [2.24, 2.45) is 0 Å². The molecular weight excluding hydrogens is 288 g/mol. The van der Waals surface area contributed by atoms with E-state index in [1.807, 2.05) is 54.6 Å². The Balaban J connectivity index is 1.70. The molecule has 4 nitrogen and oxygen atoms in total. The Kier molecular flexibility index (Phi) is 3.41. The van der Waals surface area contributed by atoms with Crippen LogP contribution in [0.25, 0.3) is 22.2 Å². The lowest BCUT2D eigenvalue weighted by Crippen LogP contribution is -2.39. The SMILES string of the molecule is O=CC1(c2ccc(-c3ccc4ccccc4n3)cc2)NCCO1. The third kappa shape index (κ3) is 2.42. The van der Waals surface area contributed by atoms with Gasteiger partial charge in [-0.2, -0.15) is 0 Å². The van der Waals surface area contributed by atoms with Crippen molar-refractivity contribution in [2.45, 2.75) is 5.72 Å². The number of carbonyl (C=O) groups excluding carboxylic acids is 1. The maximum absolute atomic E-state index is 11.4. The molecule has 4 rings (SSSR count). The predicted molar refractivity (Wildman–Crippen MR) is 88.9 cm³/mol. The molecule has 0 amide bonds. The van der Waals surface area contributed by atoms with Gasteiger partial charge in [0, 0.05) is 23.1 Å². The number of hydrogen-bond acceptors (Lipinski definition) is 4. The first kappa shape index (κ1) is 14.1. The first-order chi connectivity index (χ1) is 11.3. The van der Waals surface area contributed by atoms with E-state index in [9.17, 15) is 4.79 Å². The topological polar surface area (TPSA) is 51.2 Å². The van der Waals surface area contributed by atoms with Crippen LogP contribution in [0.2, 0.25) is 0 Å². The zero-order valence-corrected chi connectivity index (χ0v) is 12.5. The molecule has 114 valence electrons. The summed E-state index contributed by atoms with van der Waals surface area (Å²) in [7, 11) is 0. The summed E-state index contributed by atoms with van der Waals surface area (Å²) >= 11 is 0. The number of carbonyl (C=O) groups is 1. The van der Waals surface area contributed by atoms with Crippen LogP contribution in [-0.4, -0.2) is 24.4 Å². The fraction of sp³-hybridized carbons (Fsp3) is 0.158. The number of pyridine rings is 1. The van der Waals surface area contributed by atoms with E-state index < -0.39 is 5.72 Å². The molecule has 1 aliphatic heterocycles. The first-order valence-corrected chi connectivity index (χ1v) is 7.63. The summed E-state index contributed by atoms with van der Waals surface area (Å²) in [5.41, 5.74) is 2.71. The molecule has 2 heterocycles. The van der Waals surface area contributed by atoms with Crippen molar-refractivity contribution in [2.75, 3.05) is 13.2 Å². The summed E-state index contributed by atoms with van der Waals surface area (Å²) in [6.07, 6.45) is 0.823. The van der Waals surface area contributed by atoms with Gasteiger partial charge in [-0.25, -0.2) is 4.98 Å². The van der Waals surface area contributed by atoms with Gasteiger partial charge in [-0.05, 0) is 12.1 Å². The maximum Gasteiger partial charge on any atom is 0.202 e. The molecular formula is C19H16N2O2. The fourth-order valence-electron chi connectivity index (χ4n) is 2.94. The molecule has 1 N–H and O–H groups in total. The Morgan fingerprint density at radius 2 is 1.87 bits per heavy atom. The van der Waals surface area contributed by atoms with Crippen molar-refractivity contribution in [3.63, 3.8) is 0 Å². The van der Waals surface area contributed by atoms with E-state index >= 15 is 0 Å². The Bertz CT molecular complexity index is 853. The highest BCUT2D eigenvalue weighted by molar-refractivity contribution is 5.81. The van der Waals surface area contributed by atoms with Crippen LogP contribution in [-0.2, 0) is 15.3 Å². The minimum absolute atomic E-state index is 0.534. The Morgan fingerprint density at radius 1 is 1.04 bits per heavy atom. The van der Waals surface area contributed by atoms with Crippen molar-refractivity contribution >= 4 is 17.2 Å². The largest absolute Gasteiger partial charge is 0.348 e. The second kappa shape index (κ2) is 5.57. The number of hydrogen-bond donors (Lipinski definition) is 1. The van der Waals surface area contributed by atoms with E-state index in [0.717, 1.165) is 34.0 Å². The van der Waals surface area contributed by atoms with Crippen LogP contribution in [0, 0.1) is 0 Å². The Morgan fingerprint density at radius 3 is 2.61 bits per heavy atom. The van der Waals surface area contributed by atoms with Crippen molar-refractivity contribution in [3.8, 4) is 11.3 Å². The minimum Gasteiger partial charge on any atom is -0.348 e. The molecule has 23 heavy (non-hydrogen) atoms. The van der Waals surface area contributed by atoms with Crippen molar-refractivity contribution in [1.82, 2.24) is 10.3 Å². The standard InChI is InChI=1S/C19H16N2O2/c22-13-19(20-11-12-23-19)16-8-5-15(6-9-16)18-10-7-14-3-1-2-4-17(14)21-18/h1-10,13,20H,11-12H2. The van der Waals surface area contributed by atoms with Gasteiger partial charge >= 0.3 is 0 Å². The van der Waals surface area contributed by atoms with Gasteiger partial charge in [0.05, 0.1) is 17.8 Å². The zero-order chi connectivity index (χ0) is 15.7. The van der Waals surface area contributed by atoms with E-state index in [1.54, 1.807) is 0 Å². The molecule has 4 heteroatoms. The molecule has 0 aliphatic carbocycles. The quantitative estimate of drug-likeness (QED) is 0.756. The molecule has 0 bridgehead atoms. The normalized spacial score (nSPS) is 20.7. The maximum atomic E-state index is 11.4. The Labute approximate surface area is 134 Å².